The Balaban J connectivity index is 2.33. The molecule has 3 atom stereocenters. The fourth-order valence-corrected chi connectivity index (χ4v) is 1.70. The fourth-order valence-electron chi connectivity index (χ4n) is 1.70. The molecule has 0 aromatic carbocycles. The average molecular weight is 137 g/mol. The first-order valence-electron chi connectivity index (χ1n) is 4.20. The normalized spacial score (nSPS) is 41.6. The first kappa shape index (κ1) is 8.12. The second-order valence-corrected chi connectivity index (χ2v) is 3.63. The highest BCUT2D eigenvalue weighted by atomic mass is 14.8. The largest absolute Gasteiger partial charge is 0.364 e. The molecule has 0 bridgehead atoms. The summed E-state index contributed by atoms with van der Waals surface area (Å²) in [6.45, 7) is 4.64. The van der Waals surface area contributed by atoms with Crippen LogP contribution < -0.4 is 5.23 Å². The van der Waals surface area contributed by atoms with Gasteiger partial charge in [0, 0.05) is 0 Å². The first-order valence-corrected chi connectivity index (χ1v) is 4.20. The Morgan fingerprint density at radius 1 is 1.20 bits per heavy atom. The van der Waals surface area contributed by atoms with Crippen molar-refractivity contribution in [2.24, 2.45) is 11.8 Å². The fraction of sp³-hybridized carbons (Fsp3) is 1.00. The van der Waals surface area contributed by atoms with E-state index in [1.165, 1.54) is 19.3 Å². The Morgan fingerprint density at radius 3 is 2.40 bits per heavy atom. The third-order valence-electron chi connectivity index (χ3n) is 2.83. The molecule has 10 heavy (non-hydrogen) atoms. The molecule has 1 fully saturated rings. The monoisotopic (exact) mass is 137 g/mol. The highest BCUT2D eigenvalue weighted by molar-refractivity contribution is 6.04. The summed E-state index contributed by atoms with van der Waals surface area (Å²) in [7, 11) is 5.36. The SMILES string of the molecule is [B]NC1CC[C@H](C)C(C)C1. The molecule has 1 saturated carbocycles. The van der Waals surface area contributed by atoms with Crippen LogP contribution in [-0.2, 0) is 0 Å². The molecular weight excluding hydrogens is 121 g/mol. The topological polar surface area (TPSA) is 12.0 Å². The molecule has 0 saturated heterocycles. The number of hydrogen-bond acceptors (Lipinski definition) is 1. The molecule has 0 aromatic rings. The van der Waals surface area contributed by atoms with Gasteiger partial charge in [-0.25, -0.2) is 0 Å². The predicted molar refractivity (Wildman–Crippen MR) is 44.9 cm³/mol. The molecule has 1 aliphatic carbocycles. The van der Waals surface area contributed by atoms with Crippen molar-refractivity contribution in [3.05, 3.63) is 0 Å². The summed E-state index contributed by atoms with van der Waals surface area (Å²) in [5, 5.41) is 2.85. The zero-order valence-corrected chi connectivity index (χ0v) is 6.93. The van der Waals surface area contributed by atoms with Crippen molar-refractivity contribution in [2.45, 2.75) is 39.2 Å². The van der Waals surface area contributed by atoms with Crippen LogP contribution in [0.2, 0.25) is 0 Å². The van der Waals surface area contributed by atoms with Gasteiger partial charge in [0.1, 0.15) is 0 Å². The summed E-state index contributed by atoms with van der Waals surface area (Å²) in [5.74, 6) is 1.74. The van der Waals surface area contributed by atoms with E-state index in [0.717, 1.165) is 11.8 Å². The third kappa shape index (κ3) is 1.75. The Bertz CT molecular complexity index is 105. The minimum Gasteiger partial charge on any atom is -0.364 e. The molecule has 56 valence electrons. The van der Waals surface area contributed by atoms with Gasteiger partial charge in [-0.05, 0) is 37.1 Å². The summed E-state index contributed by atoms with van der Waals surface area (Å²) in [4.78, 5) is 0. The van der Waals surface area contributed by atoms with Gasteiger partial charge in [-0.3, -0.25) is 0 Å². The molecule has 2 radical (unpaired) electrons. The van der Waals surface area contributed by atoms with Crippen molar-refractivity contribution in [1.82, 2.24) is 5.23 Å². The minimum absolute atomic E-state index is 0.575. The molecule has 1 aliphatic rings. The van der Waals surface area contributed by atoms with E-state index in [1.54, 1.807) is 0 Å². The van der Waals surface area contributed by atoms with E-state index in [4.69, 9.17) is 7.98 Å². The maximum Gasteiger partial charge on any atom is 0.178 e. The second-order valence-electron chi connectivity index (χ2n) is 3.63. The van der Waals surface area contributed by atoms with Gasteiger partial charge >= 0.3 is 0 Å². The van der Waals surface area contributed by atoms with Crippen LogP contribution in [0.3, 0.4) is 0 Å². The van der Waals surface area contributed by atoms with Crippen LogP contribution in [0, 0.1) is 11.8 Å². The van der Waals surface area contributed by atoms with Crippen molar-refractivity contribution in [3.8, 4) is 0 Å². The van der Waals surface area contributed by atoms with Gasteiger partial charge in [0.15, 0.2) is 7.98 Å². The zero-order valence-electron chi connectivity index (χ0n) is 6.93. The van der Waals surface area contributed by atoms with Crippen molar-refractivity contribution in [1.29, 1.82) is 0 Å². The van der Waals surface area contributed by atoms with Crippen molar-refractivity contribution >= 4 is 7.98 Å². The van der Waals surface area contributed by atoms with Gasteiger partial charge in [-0.2, -0.15) is 0 Å². The van der Waals surface area contributed by atoms with Gasteiger partial charge < -0.3 is 5.23 Å². The van der Waals surface area contributed by atoms with Gasteiger partial charge in [0.05, 0.1) is 0 Å². The van der Waals surface area contributed by atoms with Gasteiger partial charge in [-0.15, -0.1) is 0 Å². The van der Waals surface area contributed by atoms with Crippen LogP contribution in [0.4, 0.5) is 0 Å². The highest BCUT2D eigenvalue weighted by Crippen LogP contribution is 2.28. The molecule has 0 heterocycles. The Labute approximate surface area is 65.0 Å². The lowest BCUT2D eigenvalue weighted by Gasteiger charge is -2.31. The summed E-state index contributed by atoms with van der Waals surface area (Å²) >= 11 is 0. The molecule has 0 aromatic heterocycles. The summed E-state index contributed by atoms with van der Waals surface area (Å²) in [6, 6.07) is 0.575. The highest BCUT2D eigenvalue weighted by Gasteiger charge is 2.22. The summed E-state index contributed by atoms with van der Waals surface area (Å²) in [6.07, 6.45) is 3.83. The molecule has 2 heteroatoms. The van der Waals surface area contributed by atoms with E-state index < -0.39 is 0 Å². The van der Waals surface area contributed by atoms with Crippen LogP contribution in [-0.4, -0.2) is 14.0 Å². The Morgan fingerprint density at radius 2 is 1.90 bits per heavy atom. The lowest BCUT2D eigenvalue weighted by Crippen LogP contribution is -2.34. The molecular formula is C8H16BN. The van der Waals surface area contributed by atoms with Crippen LogP contribution in [0.5, 0.6) is 0 Å². The third-order valence-corrected chi connectivity index (χ3v) is 2.83. The molecule has 1 nitrogen and oxygen atoms in total. The predicted octanol–water partition coefficient (Wildman–Crippen LogP) is 1.48. The van der Waals surface area contributed by atoms with E-state index in [0.29, 0.717) is 6.04 Å². The van der Waals surface area contributed by atoms with Crippen LogP contribution in [0.25, 0.3) is 0 Å². The summed E-state index contributed by atoms with van der Waals surface area (Å²) in [5.41, 5.74) is 0. The zero-order chi connectivity index (χ0) is 7.56. The van der Waals surface area contributed by atoms with Crippen LogP contribution in [0.1, 0.15) is 33.1 Å². The number of hydrogen-bond donors (Lipinski definition) is 1. The maximum atomic E-state index is 5.36. The number of rotatable bonds is 1. The molecule has 1 N–H and O–H groups in total. The molecule has 0 amide bonds. The van der Waals surface area contributed by atoms with E-state index in [1.807, 2.05) is 0 Å². The molecule has 0 spiro atoms. The van der Waals surface area contributed by atoms with Crippen molar-refractivity contribution in [3.63, 3.8) is 0 Å². The molecule has 1 rings (SSSR count). The average Bonchev–Trinajstić information content (AvgIpc) is 1.95. The van der Waals surface area contributed by atoms with Gasteiger partial charge in [-0.1, -0.05) is 13.8 Å². The van der Waals surface area contributed by atoms with E-state index in [2.05, 4.69) is 19.1 Å². The van der Waals surface area contributed by atoms with Gasteiger partial charge in [0.2, 0.25) is 0 Å². The Kier molecular flexibility index (Phi) is 2.78. The maximum absolute atomic E-state index is 5.36. The quantitative estimate of drug-likeness (QED) is 0.540. The van der Waals surface area contributed by atoms with E-state index >= 15 is 0 Å². The van der Waals surface area contributed by atoms with E-state index in [-0.39, 0.29) is 0 Å². The van der Waals surface area contributed by atoms with Crippen molar-refractivity contribution in [2.75, 3.05) is 0 Å². The lowest BCUT2D eigenvalue weighted by molar-refractivity contribution is 0.243. The van der Waals surface area contributed by atoms with Crippen molar-refractivity contribution < 1.29 is 0 Å². The Hall–Kier alpha value is 0.0249. The molecule has 2 unspecified atom stereocenters. The van der Waals surface area contributed by atoms with Gasteiger partial charge in [0.25, 0.3) is 0 Å². The summed E-state index contributed by atoms with van der Waals surface area (Å²) < 4.78 is 0. The smallest absolute Gasteiger partial charge is 0.178 e. The lowest BCUT2D eigenvalue weighted by atomic mass is 9.79. The van der Waals surface area contributed by atoms with Crippen LogP contribution >= 0.6 is 0 Å². The number of nitrogens with one attached hydrogen (secondary N) is 1. The van der Waals surface area contributed by atoms with Crippen LogP contribution in [0.15, 0.2) is 0 Å². The van der Waals surface area contributed by atoms with E-state index in [9.17, 15) is 0 Å². The minimum atomic E-state index is 0.575. The second kappa shape index (κ2) is 3.43. The first-order chi connectivity index (χ1) is 4.74. The standard InChI is InChI=1S/C8H16BN/c1-6-3-4-8(10-9)5-7(6)2/h6-8,10H,3-5H2,1-2H3/t6-,7?,8?/m0/s1. The molecule has 0 aliphatic heterocycles.